The van der Waals surface area contributed by atoms with Crippen LogP contribution in [0.1, 0.15) is 24.3 Å². The van der Waals surface area contributed by atoms with Crippen LogP contribution in [0, 0.1) is 5.92 Å². The minimum atomic E-state index is 0.446. The third-order valence-corrected chi connectivity index (χ3v) is 4.64. The van der Waals surface area contributed by atoms with Gasteiger partial charge in [-0.15, -0.1) is 0 Å². The standard InChI is InChI=1S/C14H21NOS/c1-15-10-13(11-6-8-17-9-7-11)12-4-2-3-5-14(12)16/h2-5,11,13,15-16H,6-10H2,1H3. The number of nitrogens with one attached hydrogen (secondary N) is 1. The molecule has 1 atom stereocenters. The van der Waals surface area contributed by atoms with Gasteiger partial charge in [-0.2, -0.15) is 11.8 Å². The van der Waals surface area contributed by atoms with E-state index in [1.54, 1.807) is 6.07 Å². The summed E-state index contributed by atoms with van der Waals surface area (Å²) in [6, 6.07) is 7.79. The highest BCUT2D eigenvalue weighted by molar-refractivity contribution is 7.99. The fourth-order valence-electron chi connectivity index (χ4n) is 2.67. The number of aromatic hydroxyl groups is 1. The number of para-hydroxylation sites is 1. The van der Waals surface area contributed by atoms with E-state index < -0.39 is 0 Å². The highest BCUT2D eigenvalue weighted by Gasteiger charge is 2.26. The lowest BCUT2D eigenvalue weighted by Gasteiger charge is -2.30. The lowest BCUT2D eigenvalue weighted by atomic mass is 9.82. The molecule has 94 valence electrons. The molecule has 1 saturated heterocycles. The van der Waals surface area contributed by atoms with Crippen LogP contribution in [0.25, 0.3) is 0 Å². The van der Waals surface area contributed by atoms with Gasteiger partial charge in [0.05, 0.1) is 0 Å². The first-order valence-electron chi connectivity index (χ1n) is 6.33. The summed E-state index contributed by atoms with van der Waals surface area (Å²) in [7, 11) is 1.99. The number of rotatable bonds is 4. The average Bonchev–Trinajstić information content (AvgIpc) is 2.38. The van der Waals surface area contributed by atoms with Crippen molar-refractivity contribution in [3.05, 3.63) is 29.8 Å². The molecule has 2 rings (SSSR count). The first-order valence-corrected chi connectivity index (χ1v) is 7.48. The molecule has 0 bridgehead atoms. The van der Waals surface area contributed by atoms with Crippen LogP contribution in [0.4, 0.5) is 0 Å². The quantitative estimate of drug-likeness (QED) is 0.863. The number of thioether (sulfide) groups is 1. The van der Waals surface area contributed by atoms with E-state index in [0.717, 1.165) is 12.1 Å². The Labute approximate surface area is 108 Å². The molecular weight excluding hydrogens is 230 g/mol. The van der Waals surface area contributed by atoms with Crippen molar-refractivity contribution in [3.63, 3.8) is 0 Å². The molecule has 2 N–H and O–H groups in total. The van der Waals surface area contributed by atoms with E-state index in [9.17, 15) is 5.11 Å². The van der Waals surface area contributed by atoms with E-state index >= 15 is 0 Å². The molecule has 0 aromatic heterocycles. The van der Waals surface area contributed by atoms with Gasteiger partial charge in [-0.25, -0.2) is 0 Å². The van der Waals surface area contributed by atoms with Crippen molar-refractivity contribution in [1.29, 1.82) is 0 Å². The molecule has 0 aliphatic carbocycles. The fourth-order valence-corrected chi connectivity index (χ4v) is 3.81. The number of phenols is 1. The Hall–Kier alpha value is -0.670. The third kappa shape index (κ3) is 3.17. The molecule has 1 aromatic rings. The number of hydrogen-bond acceptors (Lipinski definition) is 3. The molecule has 1 heterocycles. The van der Waals surface area contributed by atoms with Gasteiger partial charge in [-0.1, -0.05) is 18.2 Å². The summed E-state index contributed by atoms with van der Waals surface area (Å²) in [6.45, 7) is 0.951. The van der Waals surface area contributed by atoms with Gasteiger partial charge in [-0.05, 0) is 48.9 Å². The molecule has 17 heavy (non-hydrogen) atoms. The van der Waals surface area contributed by atoms with E-state index in [1.165, 1.54) is 24.3 Å². The summed E-state index contributed by atoms with van der Waals surface area (Å²) in [4.78, 5) is 0. The van der Waals surface area contributed by atoms with Crippen molar-refractivity contribution in [2.45, 2.75) is 18.8 Å². The maximum absolute atomic E-state index is 10.0. The normalized spacial score (nSPS) is 19.1. The Balaban J connectivity index is 2.18. The van der Waals surface area contributed by atoms with E-state index in [-0.39, 0.29) is 0 Å². The molecule has 1 fully saturated rings. The van der Waals surface area contributed by atoms with Crippen LogP contribution in [0.3, 0.4) is 0 Å². The van der Waals surface area contributed by atoms with Gasteiger partial charge in [0, 0.05) is 12.5 Å². The molecule has 1 aromatic carbocycles. The number of hydrogen-bond donors (Lipinski definition) is 2. The zero-order valence-corrected chi connectivity index (χ0v) is 11.2. The molecule has 0 radical (unpaired) electrons. The van der Waals surface area contributed by atoms with Crippen LogP contribution in [0.5, 0.6) is 5.75 Å². The minimum Gasteiger partial charge on any atom is -0.508 e. The Kier molecular flexibility index (Phi) is 4.75. The van der Waals surface area contributed by atoms with E-state index in [4.69, 9.17) is 0 Å². The number of benzene rings is 1. The molecular formula is C14H21NOS. The summed E-state index contributed by atoms with van der Waals surface area (Å²) in [5.74, 6) is 4.13. The largest absolute Gasteiger partial charge is 0.508 e. The van der Waals surface area contributed by atoms with Crippen LogP contribution in [-0.4, -0.2) is 30.2 Å². The predicted octanol–water partition coefficient (Wildman–Crippen LogP) is 2.84. The summed E-state index contributed by atoms with van der Waals surface area (Å²) >= 11 is 2.05. The van der Waals surface area contributed by atoms with Gasteiger partial charge in [0.15, 0.2) is 0 Å². The van der Waals surface area contributed by atoms with Crippen molar-refractivity contribution >= 4 is 11.8 Å². The molecule has 0 saturated carbocycles. The SMILES string of the molecule is CNCC(c1ccccc1O)C1CCSCC1. The van der Waals surface area contributed by atoms with Crippen LogP contribution >= 0.6 is 11.8 Å². The topological polar surface area (TPSA) is 32.3 Å². The zero-order chi connectivity index (χ0) is 12.1. The second-order valence-corrected chi connectivity index (χ2v) is 5.90. The van der Waals surface area contributed by atoms with E-state index in [2.05, 4.69) is 23.1 Å². The van der Waals surface area contributed by atoms with Gasteiger partial charge in [-0.3, -0.25) is 0 Å². The molecule has 1 aliphatic heterocycles. The summed E-state index contributed by atoms with van der Waals surface area (Å²) in [6.07, 6.45) is 2.54. The molecule has 3 heteroatoms. The third-order valence-electron chi connectivity index (χ3n) is 3.60. The van der Waals surface area contributed by atoms with E-state index in [1.807, 2.05) is 19.2 Å². The molecule has 2 nitrogen and oxygen atoms in total. The summed E-state index contributed by atoms with van der Waals surface area (Å²) in [5.41, 5.74) is 1.11. The second-order valence-electron chi connectivity index (χ2n) is 4.67. The van der Waals surface area contributed by atoms with Crippen LogP contribution in [0.2, 0.25) is 0 Å². The Bertz CT molecular complexity index is 350. The molecule has 1 aliphatic rings. The van der Waals surface area contributed by atoms with Gasteiger partial charge in [0.2, 0.25) is 0 Å². The van der Waals surface area contributed by atoms with Gasteiger partial charge in [0.25, 0.3) is 0 Å². The van der Waals surface area contributed by atoms with E-state index in [0.29, 0.717) is 17.6 Å². The van der Waals surface area contributed by atoms with Crippen molar-refractivity contribution in [3.8, 4) is 5.75 Å². The first-order chi connectivity index (χ1) is 8.33. The van der Waals surface area contributed by atoms with Gasteiger partial charge in [0.1, 0.15) is 5.75 Å². The molecule has 1 unspecified atom stereocenters. The second kappa shape index (κ2) is 6.31. The number of likely N-dealkylation sites (N-methyl/N-ethyl adjacent to an activating group) is 1. The van der Waals surface area contributed by atoms with Gasteiger partial charge < -0.3 is 10.4 Å². The summed E-state index contributed by atoms with van der Waals surface area (Å²) < 4.78 is 0. The van der Waals surface area contributed by atoms with Crippen molar-refractivity contribution in [2.24, 2.45) is 5.92 Å². The first kappa shape index (κ1) is 12.8. The van der Waals surface area contributed by atoms with Crippen molar-refractivity contribution in [1.82, 2.24) is 5.32 Å². The molecule has 0 amide bonds. The smallest absolute Gasteiger partial charge is 0.119 e. The highest BCUT2D eigenvalue weighted by atomic mass is 32.2. The average molecular weight is 251 g/mol. The highest BCUT2D eigenvalue weighted by Crippen LogP contribution is 2.37. The van der Waals surface area contributed by atoms with Crippen LogP contribution in [0.15, 0.2) is 24.3 Å². The van der Waals surface area contributed by atoms with Crippen molar-refractivity contribution in [2.75, 3.05) is 25.1 Å². The Morgan fingerprint density at radius 3 is 2.71 bits per heavy atom. The zero-order valence-electron chi connectivity index (χ0n) is 10.4. The lowest BCUT2D eigenvalue weighted by molar-refractivity contribution is 0.370. The monoisotopic (exact) mass is 251 g/mol. The predicted molar refractivity (Wildman–Crippen MR) is 74.8 cm³/mol. The Morgan fingerprint density at radius 1 is 1.35 bits per heavy atom. The Morgan fingerprint density at radius 2 is 2.06 bits per heavy atom. The van der Waals surface area contributed by atoms with Gasteiger partial charge >= 0.3 is 0 Å². The molecule has 0 spiro atoms. The fraction of sp³-hybridized carbons (Fsp3) is 0.571. The van der Waals surface area contributed by atoms with Crippen LogP contribution in [-0.2, 0) is 0 Å². The minimum absolute atomic E-state index is 0.446. The van der Waals surface area contributed by atoms with Crippen molar-refractivity contribution < 1.29 is 5.11 Å². The summed E-state index contributed by atoms with van der Waals surface area (Å²) in [5, 5.41) is 13.3. The number of phenolic OH excluding ortho intramolecular Hbond substituents is 1. The maximum Gasteiger partial charge on any atom is 0.119 e. The van der Waals surface area contributed by atoms with Crippen LogP contribution < -0.4 is 5.32 Å². The maximum atomic E-state index is 10.0. The lowest BCUT2D eigenvalue weighted by Crippen LogP contribution is -2.27.